The molecule has 0 saturated heterocycles. The first-order chi connectivity index (χ1) is 7.22. The number of allylic oxidation sites excluding steroid dienone is 1. The molecule has 0 fully saturated rings. The maximum Gasteiger partial charge on any atom is 0.316 e. The summed E-state index contributed by atoms with van der Waals surface area (Å²) < 4.78 is 0. The molecule has 0 spiro atoms. The number of halogens is 1. The zero-order valence-corrected chi connectivity index (χ0v) is 9.83. The van der Waals surface area contributed by atoms with Crippen LogP contribution in [0.15, 0.2) is 30.3 Å². The molecule has 1 aromatic carbocycles. The molecule has 3 nitrogen and oxygen atoms in total. The van der Waals surface area contributed by atoms with Crippen LogP contribution in [0.3, 0.4) is 0 Å². The van der Waals surface area contributed by atoms with Crippen molar-refractivity contribution >= 4 is 33.7 Å². The van der Waals surface area contributed by atoms with Crippen LogP contribution in [0.5, 0.6) is 0 Å². The van der Waals surface area contributed by atoms with Crippen LogP contribution in [-0.4, -0.2) is 11.4 Å². The third-order valence-electron chi connectivity index (χ3n) is 1.74. The number of nitrogens with two attached hydrogens (primary N) is 1. The largest absolute Gasteiger partial charge is 0.351 e. The van der Waals surface area contributed by atoms with E-state index < -0.39 is 6.03 Å². The average Bonchev–Trinajstić information content (AvgIpc) is 2.18. The molecule has 80 valence electrons. The molecule has 0 aliphatic carbocycles. The van der Waals surface area contributed by atoms with Crippen molar-refractivity contribution in [2.24, 2.45) is 5.73 Å². The minimum atomic E-state index is -0.545. The summed E-state index contributed by atoms with van der Waals surface area (Å²) in [6.45, 7) is 0. The quantitative estimate of drug-likeness (QED) is 0.811. The maximum absolute atomic E-state index is 10.6. The van der Waals surface area contributed by atoms with Crippen LogP contribution >= 0.6 is 15.9 Å². The van der Waals surface area contributed by atoms with Gasteiger partial charge in [0.1, 0.15) is 0 Å². The highest BCUT2D eigenvalue weighted by molar-refractivity contribution is 9.09. The predicted molar refractivity (Wildman–Crippen MR) is 67.1 cm³/mol. The Balaban J connectivity index is 2.69. The normalized spacial score (nSPS) is 10.5. The van der Waals surface area contributed by atoms with Gasteiger partial charge in [-0.1, -0.05) is 40.2 Å². The lowest BCUT2D eigenvalue weighted by Gasteiger charge is -2.01. The van der Waals surface area contributed by atoms with E-state index in [9.17, 15) is 4.79 Å². The van der Waals surface area contributed by atoms with Gasteiger partial charge in [0.15, 0.2) is 0 Å². The second-order valence-electron chi connectivity index (χ2n) is 2.99. The molecule has 0 atom stereocenters. The molecular formula is C11H13BrN2O. The smallest absolute Gasteiger partial charge is 0.316 e. The Hall–Kier alpha value is -1.29. The molecule has 0 bridgehead atoms. The monoisotopic (exact) mass is 268 g/mol. The fraction of sp³-hybridized carbons (Fsp3) is 0.182. The van der Waals surface area contributed by atoms with Gasteiger partial charge < -0.3 is 11.1 Å². The van der Waals surface area contributed by atoms with E-state index in [0.717, 1.165) is 17.3 Å². The molecule has 0 unspecified atom stereocenters. The van der Waals surface area contributed by atoms with Crippen molar-refractivity contribution in [3.05, 3.63) is 35.9 Å². The number of urea groups is 1. The molecule has 15 heavy (non-hydrogen) atoms. The zero-order chi connectivity index (χ0) is 11.1. The third-order valence-corrected chi connectivity index (χ3v) is 2.20. The van der Waals surface area contributed by atoms with Crippen molar-refractivity contribution in [1.29, 1.82) is 0 Å². The van der Waals surface area contributed by atoms with Gasteiger partial charge in [-0.3, -0.25) is 0 Å². The van der Waals surface area contributed by atoms with Crippen molar-refractivity contribution in [2.45, 2.75) is 6.42 Å². The lowest BCUT2D eigenvalue weighted by Crippen LogP contribution is -2.19. The molecule has 1 aromatic rings. The highest BCUT2D eigenvalue weighted by Gasteiger charge is 1.95. The molecule has 4 heteroatoms. The van der Waals surface area contributed by atoms with E-state index in [1.165, 1.54) is 0 Å². The van der Waals surface area contributed by atoms with E-state index in [1.54, 1.807) is 6.07 Å². The topological polar surface area (TPSA) is 55.1 Å². The lowest BCUT2D eigenvalue weighted by atomic mass is 10.2. The number of nitrogens with one attached hydrogen (secondary N) is 1. The van der Waals surface area contributed by atoms with Crippen LogP contribution in [0, 0.1) is 0 Å². The fourth-order valence-corrected chi connectivity index (χ4v) is 1.41. The molecule has 0 saturated carbocycles. The fourth-order valence-electron chi connectivity index (χ4n) is 1.14. The average molecular weight is 269 g/mol. The molecule has 3 N–H and O–H groups in total. The van der Waals surface area contributed by atoms with E-state index in [0.29, 0.717) is 5.69 Å². The minimum Gasteiger partial charge on any atom is -0.351 e. The first kappa shape index (κ1) is 11.8. The number of primary amides is 1. The highest BCUT2D eigenvalue weighted by Crippen LogP contribution is 2.12. The number of amides is 2. The lowest BCUT2D eigenvalue weighted by molar-refractivity contribution is 0.259. The Labute approximate surface area is 97.5 Å². The van der Waals surface area contributed by atoms with Crippen molar-refractivity contribution in [1.82, 2.24) is 0 Å². The van der Waals surface area contributed by atoms with Crippen molar-refractivity contribution in [2.75, 3.05) is 10.6 Å². The third kappa shape index (κ3) is 4.65. The van der Waals surface area contributed by atoms with Crippen molar-refractivity contribution in [3.63, 3.8) is 0 Å². The number of hydrogen-bond acceptors (Lipinski definition) is 1. The Morgan fingerprint density at radius 1 is 1.53 bits per heavy atom. The Kier molecular flexibility index (Phi) is 4.90. The standard InChI is InChI=1S/C11H13BrN2O/c12-7-2-1-4-9-5-3-6-10(8-9)14-11(13)15/h1,3-6,8H,2,7H2,(H3,13,14,15). The second-order valence-corrected chi connectivity index (χ2v) is 3.79. The van der Waals surface area contributed by atoms with Crippen molar-refractivity contribution < 1.29 is 4.79 Å². The molecule has 0 aromatic heterocycles. The van der Waals surface area contributed by atoms with Gasteiger partial charge in [0, 0.05) is 11.0 Å². The Morgan fingerprint density at radius 2 is 2.33 bits per heavy atom. The summed E-state index contributed by atoms with van der Waals surface area (Å²) in [5.41, 5.74) is 6.78. The molecule has 2 amide bonds. The molecular weight excluding hydrogens is 256 g/mol. The van der Waals surface area contributed by atoms with Crippen LogP contribution < -0.4 is 11.1 Å². The van der Waals surface area contributed by atoms with Gasteiger partial charge in [0.2, 0.25) is 0 Å². The summed E-state index contributed by atoms with van der Waals surface area (Å²) in [5.74, 6) is 0. The Bertz CT molecular complexity index is 363. The van der Waals surface area contributed by atoms with Crippen LogP contribution in [-0.2, 0) is 0 Å². The molecule has 0 heterocycles. The van der Waals surface area contributed by atoms with Gasteiger partial charge in [-0.2, -0.15) is 0 Å². The first-order valence-corrected chi connectivity index (χ1v) is 5.73. The second kappa shape index (κ2) is 6.24. The van der Waals surface area contributed by atoms with Gasteiger partial charge in [0.05, 0.1) is 0 Å². The van der Waals surface area contributed by atoms with Crippen LogP contribution in [0.25, 0.3) is 6.08 Å². The van der Waals surface area contributed by atoms with Gasteiger partial charge in [-0.15, -0.1) is 0 Å². The SMILES string of the molecule is NC(=O)Nc1cccc(C=CCCBr)c1. The van der Waals surface area contributed by atoms with Crippen LogP contribution in [0.1, 0.15) is 12.0 Å². The number of hydrogen-bond donors (Lipinski definition) is 2. The van der Waals surface area contributed by atoms with E-state index in [2.05, 4.69) is 27.3 Å². The van der Waals surface area contributed by atoms with E-state index >= 15 is 0 Å². The first-order valence-electron chi connectivity index (χ1n) is 4.61. The number of carbonyl (C=O) groups is 1. The maximum atomic E-state index is 10.6. The summed E-state index contributed by atoms with van der Waals surface area (Å²) in [7, 11) is 0. The van der Waals surface area contributed by atoms with Gasteiger partial charge >= 0.3 is 6.03 Å². The highest BCUT2D eigenvalue weighted by atomic mass is 79.9. The summed E-state index contributed by atoms with van der Waals surface area (Å²) in [5, 5.41) is 3.48. The number of rotatable bonds is 4. The van der Waals surface area contributed by atoms with Gasteiger partial charge in [-0.05, 0) is 24.1 Å². The minimum absolute atomic E-state index is 0.545. The number of carbonyl (C=O) groups excluding carboxylic acids is 1. The number of benzene rings is 1. The molecule has 0 aliphatic rings. The van der Waals surface area contributed by atoms with Crippen LogP contribution in [0.4, 0.5) is 10.5 Å². The summed E-state index contributed by atoms with van der Waals surface area (Å²) in [4.78, 5) is 10.6. The summed E-state index contributed by atoms with van der Waals surface area (Å²) in [6.07, 6.45) is 5.05. The zero-order valence-electron chi connectivity index (χ0n) is 8.24. The molecule has 0 aliphatic heterocycles. The molecule has 0 radical (unpaired) electrons. The molecule has 1 rings (SSSR count). The predicted octanol–water partition coefficient (Wildman–Crippen LogP) is 2.98. The van der Waals surface area contributed by atoms with E-state index in [-0.39, 0.29) is 0 Å². The Morgan fingerprint density at radius 3 is 3.00 bits per heavy atom. The van der Waals surface area contributed by atoms with Crippen LogP contribution in [0.2, 0.25) is 0 Å². The van der Waals surface area contributed by atoms with Gasteiger partial charge in [-0.25, -0.2) is 4.79 Å². The van der Waals surface area contributed by atoms with Gasteiger partial charge in [0.25, 0.3) is 0 Å². The van der Waals surface area contributed by atoms with Crippen molar-refractivity contribution in [3.8, 4) is 0 Å². The van der Waals surface area contributed by atoms with E-state index in [4.69, 9.17) is 5.73 Å². The number of alkyl halides is 1. The van der Waals surface area contributed by atoms with E-state index in [1.807, 2.05) is 24.3 Å². The number of anilines is 1. The summed E-state index contributed by atoms with van der Waals surface area (Å²) >= 11 is 3.35. The summed E-state index contributed by atoms with van der Waals surface area (Å²) in [6, 6.07) is 6.97.